The van der Waals surface area contributed by atoms with E-state index in [-0.39, 0.29) is 29.5 Å². The van der Waals surface area contributed by atoms with Crippen LogP contribution in [0, 0.1) is 5.92 Å². The predicted molar refractivity (Wildman–Crippen MR) is 93.3 cm³/mol. The second kappa shape index (κ2) is 6.81. The molecular weight excluding hydrogens is 428 g/mol. The van der Waals surface area contributed by atoms with Crippen LogP contribution < -0.4 is 5.32 Å². The van der Waals surface area contributed by atoms with Gasteiger partial charge in [0, 0.05) is 30.6 Å². The van der Waals surface area contributed by atoms with Gasteiger partial charge in [-0.2, -0.15) is 0 Å². The number of hydrogen-bond acceptors (Lipinski definition) is 3. The third-order valence-electron chi connectivity index (χ3n) is 4.35. The molecule has 0 spiro atoms. The molecule has 0 atom stereocenters. The maximum Gasteiger partial charge on any atom is 0.251 e. The number of nitrogens with one attached hydrogen (secondary N) is 1. The summed E-state index contributed by atoms with van der Waals surface area (Å²) in [5.41, 5.74) is 0.484. The minimum atomic E-state index is -0.168. The molecule has 0 bridgehead atoms. The number of benzene rings is 1. The Balaban J connectivity index is 1.56. The van der Waals surface area contributed by atoms with Crippen LogP contribution >= 0.6 is 31.9 Å². The molecule has 1 aliphatic carbocycles. The van der Waals surface area contributed by atoms with Crippen molar-refractivity contribution in [3.63, 3.8) is 0 Å². The Kier molecular flexibility index (Phi) is 4.96. The summed E-state index contributed by atoms with van der Waals surface area (Å²) in [7, 11) is 0. The molecule has 1 aliphatic heterocycles. The monoisotopic (exact) mass is 444 g/mol. The van der Waals surface area contributed by atoms with Crippen molar-refractivity contribution >= 4 is 43.7 Å². The molecule has 2 aliphatic rings. The highest BCUT2D eigenvalue weighted by molar-refractivity contribution is 9.11. The van der Waals surface area contributed by atoms with Crippen LogP contribution in [0.15, 0.2) is 21.1 Å². The number of hydrogen-bond donors (Lipinski definition) is 2. The molecule has 3 rings (SSSR count). The van der Waals surface area contributed by atoms with E-state index in [1.807, 2.05) is 4.90 Å². The minimum Gasteiger partial charge on any atom is -0.506 e. The van der Waals surface area contributed by atoms with Crippen molar-refractivity contribution < 1.29 is 14.7 Å². The second-order valence-corrected chi connectivity index (χ2v) is 7.84. The van der Waals surface area contributed by atoms with Crippen LogP contribution in [0.1, 0.15) is 36.0 Å². The van der Waals surface area contributed by atoms with Gasteiger partial charge in [-0.3, -0.25) is 9.59 Å². The van der Waals surface area contributed by atoms with Crippen molar-refractivity contribution in [2.24, 2.45) is 5.92 Å². The fourth-order valence-electron chi connectivity index (χ4n) is 2.80. The number of rotatable bonds is 3. The summed E-state index contributed by atoms with van der Waals surface area (Å²) in [5, 5.41) is 12.7. The number of halogens is 2. The number of phenolic OH excluding ortho intramolecular Hbond substituents is 1. The standard InChI is InChI=1S/C16H18Br2N2O3/c17-12-7-10(8-13(18)14(12)21)15(22)19-11-3-5-20(6-4-11)16(23)9-1-2-9/h7-9,11,21H,1-6H2,(H,19,22). The maximum absolute atomic E-state index is 12.3. The van der Waals surface area contributed by atoms with Gasteiger partial charge in [0.25, 0.3) is 5.91 Å². The fraction of sp³-hybridized carbons (Fsp3) is 0.500. The van der Waals surface area contributed by atoms with Crippen molar-refractivity contribution in [2.45, 2.75) is 31.7 Å². The Hall–Kier alpha value is -1.08. The molecule has 2 amide bonds. The molecule has 0 radical (unpaired) electrons. The summed E-state index contributed by atoms with van der Waals surface area (Å²) in [6.07, 6.45) is 3.62. The lowest BCUT2D eigenvalue weighted by molar-refractivity contribution is -0.133. The average Bonchev–Trinajstić information content (AvgIpc) is 3.37. The summed E-state index contributed by atoms with van der Waals surface area (Å²) in [6.45, 7) is 1.42. The molecule has 1 aromatic carbocycles. The van der Waals surface area contributed by atoms with Crippen LogP contribution in [0.5, 0.6) is 5.75 Å². The first-order valence-corrected chi connectivity index (χ1v) is 9.32. The highest BCUT2D eigenvalue weighted by atomic mass is 79.9. The number of piperidine rings is 1. The first kappa shape index (κ1) is 16.8. The molecule has 1 aromatic rings. The van der Waals surface area contributed by atoms with E-state index in [1.165, 1.54) is 0 Å². The number of carbonyl (C=O) groups excluding carboxylic acids is 2. The SMILES string of the molecule is O=C(NC1CCN(C(=O)C2CC2)CC1)c1cc(Br)c(O)c(Br)c1. The van der Waals surface area contributed by atoms with E-state index in [0.717, 1.165) is 25.7 Å². The summed E-state index contributed by atoms with van der Waals surface area (Å²) in [5.74, 6) is 0.445. The third kappa shape index (κ3) is 3.88. The van der Waals surface area contributed by atoms with Crippen molar-refractivity contribution in [1.82, 2.24) is 10.2 Å². The summed E-state index contributed by atoms with van der Waals surface area (Å²) in [4.78, 5) is 26.3. The van der Waals surface area contributed by atoms with E-state index in [1.54, 1.807) is 12.1 Å². The van der Waals surface area contributed by atoms with Crippen LogP contribution in [-0.2, 0) is 4.79 Å². The summed E-state index contributed by atoms with van der Waals surface area (Å²) >= 11 is 6.46. The Morgan fingerprint density at radius 3 is 2.17 bits per heavy atom. The van der Waals surface area contributed by atoms with Gasteiger partial charge in [0.2, 0.25) is 5.91 Å². The fourth-order valence-corrected chi connectivity index (χ4v) is 3.98. The molecule has 23 heavy (non-hydrogen) atoms. The van der Waals surface area contributed by atoms with Gasteiger partial charge in [-0.15, -0.1) is 0 Å². The van der Waals surface area contributed by atoms with Gasteiger partial charge >= 0.3 is 0 Å². The summed E-state index contributed by atoms with van der Waals surface area (Å²) in [6, 6.07) is 3.28. The van der Waals surface area contributed by atoms with E-state index in [0.29, 0.717) is 27.6 Å². The third-order valence-corrected chi connectivity index (χ3v) is 5.56. The van der Waals surface area contributed by atoms with Gasteiger partial charge in [-0.05, 0) is 69.7 Å². The van der Waals surface area contributed by atoms with E-state index < -0.39 is 0 Å². The molecule has 1 saturated heterocycles. The van der Waals surface area contributed by atoms with Crippen molar-refractivity contribution in [2.75, 3.05) is 13.1 Å². The van der Waals surface area contributed by atoms with Gasteiger partial charge in [0.15, 0.2) is 0 Å². The van der Waals surface area contributed by atoms with Crippen LogP contribution in [0.2, 0.25) is 0 Å². The van der Waals surface area contributed by atoms with E-state index in [9.17, 15) is 14.7 Å². The number of phenols is 1. The lowest BCUT2D eigenvalue weighted by atomic mass is 10.0. The zero-order valence-corrected chi connectivity index (χ0v) is 15.7. The number of likely N-dealkylation sites (tertiary alicyclic amines) is 1. The smallest absolute Gasteiger partial charge is 0.251 e. The number of carbonyl (C=O) groups is 2. The topological polar surface area (TPSA) is 69.6 Å². The van der Waals surface area contributed by atoms with Gasteiger partial charge in [-0.25, -0.2) is 0 Å². The molecule has 5 nitrogen and oxygen atoms in total. The average molecular weight is 446 g/mol. The number of amides is 2. The number of aromatic hydroxyl groups is 1. The largest absolute Gasteiger partial charge is 0.506 e. The Labute approximate surface area is 151 Å². The minimum absolute atomic E-state index is 0.0773. The van der Waals surface area contributed by atoms with E-state index in [2.05, 4.69) is 37.2 Å². The Morgan fingerprint density at radius 1 is 1.09 bits per heavy atom. The second-order valence-electron chi connectivity index (χ2n) is 6.14. The van der Waals surface area contributed by atoms with Gasteiger partial charge in [-0.1, -0.05) is 0 Å². The van der Waals surface area contributed by atoms with Crippen molar-refractivity contribution in [1.29, 1.82) is 0 Å². The molecule has 1 heterocycles. The molecule has 2 N–H and O–H groups in total. The first-order valence-electron chi connectivity index (χ1n) is 7.73. The van der Waals surface area contributed by atoms with Gasteiger partial charge < -0.3 is 15.3 Å². The molecule has 0 aromatic heterocycles. The predicted octanol–water partition coefficient (Wildman–Crippen LogP) is 3.05. The quantitative estimate of drug-likeness (QED) is 0.751. The number of nitrogens with zero attached hydrogens (tertiary/aromatic N) is 1. The first-order chi connectivity index (χ1) is 11.0. The molecular formula is C16H18Br2N2O3. The highest BCUT2D eigenvalue weighted by Crippen LogP contribution is 2.34. The molecule has 0 unspecified atom stereocenters. The lowest BCUT2D eigenvalue weighted by Crippen LogP contribution is -2.47. The van der Waals surface area contributed by atoms with Crippen molar-refractivity contribution in [3.05, 3.63) is 26.6 Å². The zero-order chi connectivity index (χ0) is 16.6. The van der Waals surface area contributed by atoms with Crippen LogP contribution in [0.4, 0.5) is 0 Å². The Bertz CT molecular complexity index is 615. The summed E-state index contributed by atoms with van der Waals surface area (Å²) < 4.78 is 0.948. The van der Waals surface area contributed by atoms with Crippen molar-refractivity contribution in [3.8, 4) is 5.75 Å². The normalized spacial score (nSPS) is 18.8. The zero-order valence-electron chi connectivity index (χ0n) is 12.5. The van der Waals surface area contributed by atoms with Crippen LogP contribution in [0.3, 0.4) is 0 Å². The van der Waals surface area contributed by atoms with Crippen LogP contribution in [0.25, 0.3) is 0 Å². The van der Waals surface area contributed by atoms with Gasteiger partial charge in [0.05, 0.1) is 8.95 Å². The van der Waals surface area contributed by atoms with Gasteiger partial charge in [0.1, 0.15) is 5.75 Å². The molecule has 2 fully saturated rings. The molecule has 124 valence electrons. The molecule has 1 saturated carbocycles. The van der Waals surface area contributed by atoms with Crippen LogP contribution in [-0.4, -0.2) is 41.0 Å². The highest BCUT2D eigenvalue weighted by Gasteiger charge is 2.35. The lowest BCUT2D eigenvalue weighted by Gasteiger charge is -2.32. The van der Waals surface area contributed by atoms with E-state index >= 15 is 0 Å². The maximum atomic E-state index is 12.3. The molecule has 7 heteroatoms. The Morgan fingerprint density at radius 2 is 1.65 bits per heavy atom. The van der Waals surface area contributed by atoms with E-state index in [4.69, 9.17) is 0 Å².